The van der Waals surface area contributed by atoms with Gasteiger partial charge in [0.1, 0.15) is 22.4 Å². The molecule has 0 amide bonds. The van der Waals surface area contributed by atoms with Crippen molar-refractivity contribution in [2.75, 3.05) is 0 Å². The Morgan fingerprint density at radius 3 is 2.39 bits per heavy atom. The summed E-state index contributed by atoms with van der Waals surface area (Å²) in [5.41, 5.74) is 0.934. The molecule has 10 heteroatoms. The highest BCUT2D eigenvalue weighted by Gasteiger charge is 2.33. The molecule has 0 unspecified atom stereocenters. The SMILES string of the molecule is Cn1c(C#N)ccc1-c1ccc(S(N)(=O)=O)c(OC(F)(F)F)c1. The summed E-state index contributed by atoms with van der Waals surface area (Å²) < 4.78 is 65.4. The number of ether oxygens (including phenoxy) is 1. The number of hydrogen-bond acceptors (Lipinski definition) is 4. The minimum absolute atomic E-state index is 0.237. The van der Waals surface area contributed by atoms with Crippen molar-refractivity contribution in [1.29, 1.82) is 5.26 Å². The summed E-state index contributed by atoms with van der Waals surface area (Å²) in [4.78, 5) is -0.784. The van der Waals surface area contributed by atoms with E-state index >= 15 is 0 Å². The highest BCUT2D eigenvalue weighted by atomic mass is 32.2. The molecule has 1 aromatic carbocycles. The Hall–Kier alpha value is -2.51. The van der Waals surface area contributed by atoms with E-state index < -0.39 is 27.0 Å². The molecular weight excluding hydrogens is 335 g/mol. The van der Waals surface area contributed by atoms with Crippen molar-refractivity contribution in [1.82, 2.24) is 4.57 Å². The molecular formula is C13H10F3N3O3S. The number of nitriles is 1. The molecule has 23 heavy (non-hydrogen) atoms. The van der Waals surface area contributed by atoms with Crippen LogP contribution in [0.5, 0.6) is 5.75 Å². The normalized spacial score (nSPS) is 12.0. The van der Waals surface area contributed by atoms with Gasteiger partial charge in [-0.15, -0.1) is 13.2 Å². The molecule has 0 fully saturated rings. The van der Waals surface area contributed by atoms with E-state index in [2.05, 4.69) is 4.74 Å². The first-order valence-corrected chi connectivity index (χ1v) is 7.56. The lowest BCUT2D eigenvalue weighted by atomic mass is 10.1. The molecule has 0 atom stereocenters. The second-order valence-electron chi connectivity index (χ2n) is 4.53. The molecule has 2 rings (SSSR count). The van der Waals surface area contributed by atoms with Crippen LogP contribution < -0.4 is 9.88 Å². The van der Waals surface area contributed by atoms with Gasteiger partial charge >= 0.3 is 6.36 Å². The summed E-state index contributed by atoms with van der Waals surface area (Å²) >= 11 is 0. The quantitative estimate of drug-likeness (QED) is 0.921. The Kier molecular flexibility index (Phi) is 4.10. The van der Waals surface area contributed by atoms with Gasteiger partial charge in [-0.25, -0.2) is 13.6 Å². The molecule has 0 saturated heterocycles. The summed E-state index contributed by atoms with van der Waals surface area (Å²) in [6, 6.07) is 8.01. The van der Waals surface area contributed by atoms with Gasteiger partial charge in [0.25, 0.3) is 0 Å². The first kappa shape index (κ1) is 16.9. The lowest BCUT2D eigenvalue weighted by molar-refractivity contribution is -0.275. The second-order valence-corrected chi connectivity index (χ2v) is 6.06. The Morgan fingerprint density at radius 1 is 1.26 bits per heavy atom. The number of hydrogen-bond donors (Lipinski definition) is 1. The Morgan fingerprint density at radius 2 is 1.91 bits per heavy atom. The van der Waals surface area contributed by atoms with E-state index in [1.54, 1.807) is 7.05 Å². The number of sulfonamides is 1. The number of primary sulfonamides is 1. The van der Waals surface area contributed by atoms with Crippen LogP contribution in [-0.2, 0) is 17.1 Å². The number of halogens is 3. The van der Waals surface area contributed by atoms with Crippen molar-refractivity contribution in [3.63, 3.8) is 0 Å². The number of aromatic nitrogens is 1. The van der Waals surface area contributed by atoms with E-state index in [1.807, 2.05) is 6.07 Å². The van der Waals surface area contributed by atoms with E-state index in [4.69, 9.17) is 10.4 Å². The van der Waals surface area contributed by atoms with Gasteiger partial charge in [-0.2, -0.15) is 5.26 Å². The van der Waals surface area contributed by atoms with Crippen LogP contribution in [0.2, 0.25) is 0 Å². The number of nitrogens with two attached hydrogens (primary N) is 1. The third-order valence-corrected chi connectivity index (χ3v) is 3.96. The van der Waals surface area contributed by atoms with Crippen molar-refractivity contribution >= 4 is 10.0 Å². The lowest BCUT2D eigenvalue weighted by Crippen LogP contribution is -2.21. The van der Waals surface area contributed by atoms with Crippen molar-refractivity contribution in [3.05, 3.63) is 36.0 Å². The molecule has 1 heterocycles. The van der Waals surface area contributed by atoms with Gasteiger partial charge in [-0.1, -0.05) is 6.07 Å². The number of alkyl halides is 3. The van der Waals surface area contributed by atoms with Gasteiger partial charge in [-0.3, -0.25) is 0 Å². The minimum atomic E-state index is -5.08. The third kappa shape index (κ3) is 3.64. The lowest BCUT2D eigenvalue weighted by Gasteiger charge is -2.14. The molecule has 0 radical (unpaired) electrons. The predicted molar refractivity (Wildman–Crippen MR) is 73.6 cm³/mol. The molecule has 0 aliphatic carbocycles. The van der Waals surface area contributed by atoms with Gasteiger partial charge in [0.15, 0.2) is 0 Å². The zero-order chi connectivity index (χ0) is 17.4. The monoisotopic (exact) mass is 345 g/mol. The van der Waals surface area contributed by atoms with Crippen molar-refractivity contribution in [2.24, 2.45) is 12.2 Å². The first-order valence-electron chi connectivity index (χ1n) is 6.02. The minimum Gasteiger partial charge on any atom is -0.404 e. The zero-order valence-corrected chi connectivity index (χ0v) is 12.4. The van der Waals surface area contributed by atoms with Gasteiger partial charge < -0.3 is 9.30 Å². The summed E-state index contributed by atoms with van der Waals surface area (Å²) in [6.45, 7) is 0. The highest BCUT2D eigenvalue weighted by Crippen LogP contribution is 2.33. The van der Waals surface area contributed by atoms with Crippen LogP contribution >= 0.6 is 0 Å². The van der Waals surface area contributed by atoms with Crippen LogP contribution in [0.15, 0.2) is 35.2 Å². The molecule has 0 saturated carbocycles. The average Bonchev–Trinajstić information content (AvgIpc) is 2.76. The fourth-order valence-corrected chi connectivity index (χ4v) is 2.66. The van der Waals surface area contributed by atoms with Gasteiger partial charge in [-0.05, 0) is 24.3 Å². The van der Waals surface area contributed by atoms with Gasteiger partial charge in [0.05, 0.1) is 0 Å². The predicted octanol–water partition coefficient (Wildman–Crippen LogP) is 2.11. The summed E-state index contributed by atoms with van der Waals surface area (Å²) in [5.74, 6) is -0.933. The summed E-state index contributed by atoms with van der Waals surface area (Å²) in [7, 11) is -2.85. The molecule has 122 valence electrons. The third-order valence-electron chi connectivity index (χ3n) is 3.01. The molecule has 0 spiro atoms. The van der Waals surface area contributed by atoms with E-state index in [0.29, 0.717) is 5.69 Å². The average molecular weight is 345 g/mol. The van der Waals surface area contributed by atoms with Crippen LogP contribution in [0.4, 0.5) is 13.2 Å². The number of rotatable bonds is 3. The number of benzene rings is 1. The van der Waals surface area contributed by atoms with Gasteiger partial charge in [0, 0.05) is 18.3 Å². The summed E-state index contributed by atoms with van der Waals surface area (Å²) in [5, 5.41) is 13.8. The van der Waals surface area contributed by atoms with Crippen molar-refractivity contribution < 1.29 is 26.3 Å². The molecule has 0 bridgehead atoms. The fourth-order valence-electron chi connectivity index (χ4n) is 2.02. The second kappa shape index (κ2) is 5.60. The van der Waals surface area contributed by atoms with E-state index in [9.17, 15) is 21.6 Å². The maximum Gasteiger partial charge on any atom is 0.573 e. The Labute approximate surface area is 129 Å². The standard InChI is InChI=1S/C13H10F3N3O3S/c1-19-9(7-17)3-4-10(19)8-2-5-12(23(18,20)21)11(6-8)22-13(14,15)16/h2-6H,1H3,(H2,18,20,21). The number of nitrogens with zero attached hydrogens (tertiary/aromatic N) is 2. The molecule has 1 aromatic heterocycles. The zero-order valence-electron chi connectivity index (χ0n) is 11.6. The summed E-state index contributed by atoms with van der Waals surface area (Å²) in [6.07, 6.45) is -5.08. The van der Waals surface area contributed by atoms with Crippen LogP contribution in [0, 0.1) is 11.3 Å². The van der Waals surface area contributed by atoms with E-state index in [1.165, 1.54) is 22.8 Å². The van der Waals surface area contributed by atoms with Crippen molar-refractivity contribution in [3.8, 4) is 23.1 Å². The van der Waals surface area contributed by atoms with Crippen LogP contribution in [0.3, 0.4) is 0 Å². The van der Waals surface area contributed by atoms with Crippen LogP contribution in [0.25, 0.3) is 11.3 Å². The first-order chi connectivity index (χ1) is 10.5. The Bertz CT molecular complexity index is 895. The largest absolute Gasteiger partial charge is 0.573 e. The van der Waals surface area contributed by atoms with Gasteiger partial charge in [0.2, 0.25) is 10.0 Å². The van der Waals surface area contributed by atoms with Crippen molar-refractivity contribution in [2.45, 2.75) is 11.3 Å². The van der Waals surface area contributed by atoms with E-state index in [-0.39, 0.29) is 11.3 Å². The molecule has 6 nitrogen and oxygen atoms in total. The van der Waals surface area contributed by atoms with Crippen LogP contribution in [-0.4, -0.2) is 19.3 Å². The van der Waals surface area contributed by atoms with E-state index in [0.717, 1.165) is 12.1 Å². The molecule has 2 N–H and O–H groups in total. The molecule has 0 aliphatic rings. The Balaban J connectivity index is 2.63. The fraction of sp³-hybridized carbons (Fsp3) is 0.154. The highest BCUT2D eigenvalue weighted by molar-refractivity contribution is 7.89. The maximum atomic E-state index is 12.5. The molecule has 0 aliphatic heterocycles. The smallest absolute Gasteiger partial charge is 0.404 e. The topological polar surface area (TPSA) is 98.1 Å². The van der Waals surface area contributed by atoms with Crippen LogP contribution in [0.1, 0.15) is 5.69 Å². The molecule has 2 aromatic rings. The maximum absolute atomic E-state index is 12.5.